The van der Waals surface area contributed by atoms with E-state index in [2.05, 4.69) is 20.0 Å². The first-order chi connectivity index (χ1) is 12.8. The van der Waals surface area contributed by atoms with E-state index in [9.17, 15) is 4.79 Å². The SMILES string of the molecule is O=C([C@@H]1C[C@H]2CC[C@@H]1O2)N1CCCC(c2[nH]ncc2CN2CCCC2)C1. The highest BCUT2D eigenvalue weighted by Crippen LogP contribution is 2.40. The number of aromatic nitrogens is 2. The Labute approximate surface area is 155 Å². The fourth-order valence-electron chi connectivity index (χ4n) is 5.53. The van der Waals surface area contributed by atoms with Crippen molar-refractivity contribution in [2.45, 2.75) is 69.6 Å². The Morgan fingerprint density at radius 1 is 1.19 bits per heavy atom. The number of ether oxygens (including phenoxy) is 1. The van der Waals surface area contributed by atoms with Crippen molar-refractivity contribution in [3.63, 3.8) is 0 Å². The molecule has 4 aliphatic heterocycles. The van der Waals surface area contributed by atoms with Crippen LogP contribution in [0.25, 0.3) is 0 Å². The van der Waals surface area contributed by atoms with Crippen molar-refractivity contribution in [1.82, 2.24) is 20.0 Å². The van der Waals surface area contributed by atoms with Gasteiger partial charge < -0.3 is 9.64 Å². The second-order valence-electron chi connectivity index (χ2n) is 8.63. The Kier molecular flexibility index (Phi) is 4.49. The summed E-state index contributed by atoms with van der Waals surface area (Å²) in [4.78, 5) is 17.7. The van der Waals surface area contributed by atoms with Gasteiger partial charge in [-0.2, -0.15) is 5.10 Å². The highest BCUT2D eigenvalue weighted by atomic mass is 16.5. The highest BCUT2D eigenvalue weighted by Gasteiger charge is 2.46. The van der Waals surface area contributed by atoms with Gasteiger partial charge in [-0.3, -0.25) is 14.8 Å². The van der Waals surface area contributed by atoms with Crippen LogP contribution < -0.4 is 0 Å². The van der Waals surface area contributed by atoms with E-state index in [0.29, 0.717) is 17.9 Å². The third kappa shape index (κ3) is 3.07. The number of likely N-dealkylation sites (tertiary alicyclic amines) is 2. The van der Waals surface area contributed by atoms with Gasteiger partial charge in [-0.15, -0.1) is 0 Å². The Hall–Kier alpha value is -1.40. The summed E-state index contributed by atoms with van der Waals surface area (Å²) in [5.41, 5.74) is 2.59. The number of amides is 1. The molecule has 5 heterocycles. The van der Waals surface area contributed by atoms with E-state index in [-0.39, 0.29) is 12.0 Å². The van der Waals surface area contributed by atoms with Gasteiger partial charge in [-0.25, -0.2) is 0 Å². The lowest BCUT2D eigenvalue weighted by Gasteiger charge is -2.35. The topological polar surface area (TPSA) is 61.5 Å². The summed E-state index contributed by atoms with van der Waals surface area (Å²) in [5.74, 6) is 0.841. The molecular weight excluding hydrogens is 328 g/mol. The lowest BCUT2D eigenvalue weighted by Crippen LogP contribution is -2.44. The number of carbonyl (C=O) groups excluding carboxylic acids is 1. The molecule has 1 N–H and O–H groups in total. The number of hydrogen-bond acceptors (Lipinski definition) is 4. The minimum absolute atomic E-state index is 0.110. The lowest BCUT2D eigenvalue weighted by atomic mass is 9.86. The third-order valence-electron chi connectivity index (χ3n) is 6.91. The van der Waals surface area contributed by atoms with Gasteiger partial charge in [-0.05, 0) is 58.0 Å². The Balaban J connectivity index is 1.26. The number of nitrogens with one attached hydrogen (secondary N) is 1. The van der Waals surface area contributed by atoms with E-state index in [1.165, 1.54) is 37.2 Å². The summed E-state index contributed by atoms with van der Waals surface area (Å²) in [6, 6.07) is 0. The summed E-state index contributed by atoms with van der Waals surface area (Å²) in [6.45, 7) is 5.13. The van der Waals surface area contributed by atoms with Gasteiger partial charge in [0.1, 0.15) is 0 Å². The van der Waals surface area contributed by atoms with Gasteiger partial charge in [0.2, 0.25) is 5.91 Å². The molecule has 1 amide bonds. The average molecular weight is 358 g/mol. The molecule has 5 rings (SSSR count). The van der Waals surface area contributed by atoms with E-state index in [0.717, 1.165) is 51.7 Å². The molecular formula is C20H30N4O2. The molecule has 6 nitrogen and oxygen atoms in total. The van der Waals surface area contributed by atoms with E-state index < -0.39 is 0 Å². The summed E-state index contributed by atoms with van der Waals surface area (Å²) >= 11 is 0. The Morgan fingerprint density at radius 3 is 2.85 bits per heavy atom. The molecule has 4 saturated heterocycles. The van der Waals surface area contributed by atoms with Gasteiger partial charge in [0.25, 0.3) is 0 Å². The van der Waals surface area contributed by atoms with Crippen molar-refractivity contribution in [3.8, 4) is 0 Å². The number of H-pyrrole nitrogens is 1. The van der Waals surface area contributed by atoms with Crippen molar-refractivity contribution >= 4 is 5.91 Å². The molecule has 1 unspecified atom stereocenters. The average Bonchev–Trinajstić information content (AvgIpc) is 3.46. The Bertz CT molecular complexity index is 654. The predicted molar refractivity (Wildman–Crippen MR) is 97.7 cm³/mol. The quantitative estimate of drug-likeness (QED) is 0.897. The molecule has 4 fully saturated rings. The fraction of sp³-hybridized carbons (Fsp3) is 0.800. The van der Waals surface area contributed by atoms with Crippen LogP contribution in [0, 0.1) is 5.92 Å². The maximum Gasteiger partial charge on any atom is 0.228 e. The van der Waals surface area contributed by atoms with Gasteiger partial charge in [-0.1, -0.05) is 0 Å². The minimum atomic E-state index is 0.110. The molecule has 0 aromatic carbocycles. The molecule has 2 bridgehead atoms. The molecule has 0 aliphatic carbocycles. The molecule has 142 valence electrons. The molecule has 4 aliphatic rings. The van der Waals surface area contributed by atoms with Crippen LogP contribution in [-0.4, -0.2) is 64.3 Å². The second-order valence-corrected chi connectivity index (χ2v) is 8.63. The molecule has 1 aromatic heterocycles. The summed E-state index contributed by atoms with van der Waals surface area (Å²) in [5, 5.41) is 7.61. The fourth-order valence-corrected chi connectivity index (χ4v) is 5.53. The molecule has 0 radical (unpaired) electrons. The van der Waals surface area contributed by atoms with E-state index in [1.54, 1.807) is 0 Å². The summed E-state index contributed by atoms with van der Waals surface area (Å²) in [7, 11) is 0. The molecule has 6 heteroatoms. The first-order valence-corrected chi connectivity index (χ1v) is 10.5. The van der Waals surface area contributed by atoms with Gasteiger partial charge in [0.05, 0.1) is 24.3 Å². The van der Waals surface area contributed by atoms with E-state index >= 15 is 0 Å². The number of rotatable bonds is 4. The van der Waals surface area contributed by atoms with Gasteiger partial charge in [0.15, 0.2) is 0 Å². The monoisotopic (exact) mass is 358 g/mol. The van der Waals surface area contributed by atoms with Crippen LogP contribution in [0.3, 0.4) is 0 Å². The van der Waals surface area contributed by atoms with Crippen LogP contribution in [0.4, 0.5) is 0 Å². The van der Waals surface area contributed by atoms with Crippen LogP contribution in [0.5, 0.6) is 0 Å². The smallest absolute Gasteiger partial charge is 0.228 e. The maximum atomic E-state index is 13.1. The normalized spacial score (nSPS) is 34.7. The van der Waals surface area contributed by atoms with Crippen LogP contribution in [0.1, 0.15) is 62.1 Å². The zero-order valence-corrected chi connectivity index (χ0v) is 15.5. The Morgan fingerprint density at radius 2 is 2.08 bits per heavy atom. The molecule has 0 saturated carbocycles. The largest absolute Gasteiger partial charge is 0.374 e. The number of nitrogens with zero attached hydrogens (tertiary/aromatic N) is 3. The predicted octanol–water partition coefficient (Wildman–Crippen LogP) is 2.28. The number of carbonyl (C=O) groups is 1. The van der Waals surface area contributed by atoms with Gasteiger partial charge in [0, 0.05) is 36.8 Å². The number of aromatic amines is 1. The summed E-state index contributed by atoms with van der Waals surface area (Å²) < 4.78 is 5.92. The standard InChI is InChI=1S/C20H30N4O2/c25-20(17-10-16-5-6-18(17)26-16)24-9-3-4-14(13-24)19-15(11-21-22-19)12-23-7-1-2-8-23/h11,14,16-18H,1-10,12-13H2,(H,21,22)/t14?,16-,17-,18+/m1/s1. The lowest BCUT2D eigenvalue weighted by molar-refractivity contribution is -0.138. The number of fused-ring (bicyclic) bond motifs is 2. The maximum absolute atomic E-state index is 13.1. The second kappa shape index (κ2) is 6.97. The highest BCUT2D eigenvalue weighted by molar-refractivity contribution is 5.80. The zero-order chi connectivity index (χ0) is 17.5. The van der Waals surface area contributed by atoms with Crippen molar-refractivity contribution in [1.29, 1.82) is 0 Å². The molecule has 1 aromatic rings. The van der Waals surface area contributed by atoms with Crippen molar-refractivity contribution in [2.24, 2.45) is 5.92 Å². The van der Waals surface area contributed by atoms with Gasteiger partial charge >= 0.3 is 0 Å². The molecule has 26 heavy (non-hydrogen) atoms. The number of piperidine rings is 1. The minimum Gasteiger partial charge on any atom is -0.374 e. The number of hydrogen-bond donors (Lipinski definition) is 1. The summed E-state index contributed by atoms with van der Waals surface area (Å²) in [6.07, 6.45) is 10.5. The molecule has 0 spiro atoms. The van der Waals surface area contributed by atoms with Crippen LogP contribution >= 0.6 is 0 Å². The first-order valence-electron chi connectivity index (χ1n) is 10.5. The first kappa shape index (κ1) is 16.8. The van der Waals surface area contributed by atoms with E-state index in [4.69, 9.17) is 4.74 Å². The van der Waals surface area contributed by atoms with Crippen molar-refractivity contribution in [2.75, 3.05) is 26.2 Å². The van der Waals surface area contributed by atoms with Crippen molar-refractivity contribution < 1.29 is 9.53 Å². The van der Waals surface area contributed by atoms with Crippen LogP contribution in [0.15, 0.2) is 6.20 Å². The third-order valence-corrected chi connectivity index (χ3v) is 6.91. The van der Waals surface area contributed by atoms with Crippen molar-refractivity contribution in [3.05, 3.63) is 17.5 Å². The van der Waals surface area contributed by atoms with Crippen LogP contribution in [0.2, 0.25) is 0 Å². The van der Waals surface area contributed by atoms with Crippen LogP contribution in [-0.2, 0) is 16.1 Å². The van der Waals surface area contributed by atoms with E-state index in [1.807, 2.05) is 6.20 Å². The molecule has 4 atom stereocenters. The zero-order valence-electron chi connectivity index (χ0n) is 15.5.